The van der Waals surface area contributed by atoms with Gasteiger partial charge in [-0.3, -0.25) is 9.59 Å². The summed E-state index contributed by atoms with van der Waals surface area (Å²) in [5.41, 5.74) is 6.61. The van der Waals surface area contributed by atoms with Crippen LogP contribution in [0, 0.1) is 23.7 Å². The zero-order chi connectivity index (χ0) is 24.2. The van der Waals surface area contributed by atoms with Crippen LogP contribution in [0.5, 0.6) is 11.6 Å². The number of piperidine rings is 1. The van der Waals surface area contributed by atoms with Crippen LogP contribution in [-0.4, -0.2) is 61.6 Å². The molecule has 8 nitrogen and oxygen atoms in total. The zero-order valence-corrected chi connectivity index (χ0v) is 20.0. The largest absolute Gasteiger partial charge is 0.496 e. The molecule has 8 heteroatoms. The number of ether oxygens (including phenoxy) is 2. The molecule has 0 radical (unpaired) electrons. The van der Waals surface area contributed by atoms with Crippen LogP contribution >= 0.6 is 0 Å². The van der Waals surface area contributed by atoms with E-state index in [9.17, 15) is 9.59 Å². The van der Waals surface area contributed by atoms with Gasteiger partial charge in [-0.15, -0.1) is 0 Å². The van der Waals surface area contributed by atoms with Crippen LogP contribution in [0.3, 0.4) is 0 Å². The van der Waals surface area contributed by atoms with E-state index in [2.05, 4.69) is 41.0 Å². The van der Waals surface area contributed by atoms with Crippen molar-refractivity contribution in [1.82, 2.24) is 15.2 Å². The SMILES string of the molecule is CC[C@@H]1CC(=O)N[C@@H]1COc1ncc(C#CC2CCN(C)CC2)c2cc(C(N)=O)c(OC)cc12. The summed E-state index contributed by atoms with van der Waals surface area (Å²) in [7, 11) is 3.61. The van der Waals surface area contributed by atoms with Crippen LogP contribution in [-0.2, 0) is 4.79 Å². The fourth-order valence-corrected chi connectivity index (χ4v) is 4.69. The highest BCUT2D eigenvalue weighted by Crippen LogP contribution is 2.33. The molecule has 3 heterocycles. The van der Waals surface area contributed by atoms with Crippen LogP contribution in [0.25, 0.3) is 10.8 Å². The topological polar surface area (TPSA) is 107 Å². The van der Waals surface area contributed by atoms with Gasteiger partial charge >= 0.3 is 0 Å². The first-order valence-corrected chi connectivity index (χ1v) is 11.8. The lowest BCUT2D eigenvalue weighted by atomic mass is 9.96. The minimum atomic E-state index is -0.577. The number of hydrogen-bond donors (Lipinski definition) is 2. The van der Waals surface area contributed by atoms with E-state index in [1.165, 1.54) is 7.11 Å². The fraction of sp³-hybridized carbons (Fsp3) is 0.500. The molecule has 0 bridgehead atoms. The van der Waals surface area contributed by atoms with Gasteiger partial charge in [0, 0.05) is 29.3 Å². The molecule has 1 aromatic heterocycles. The second-order valence-corrected chi connectivity index (χ2v) is 9.14. The zero-order valence-electron chi connectivity index (χ0n) is 20.0. The number of likely N-dealkylation sites (tertiary alicyclic amines) is 1. The number of rotatable bonds is 6. The Morgan fingerprint density at radius 2 is 2.06 bits per heavy atom. The molecule has 2 aliphatic heterocycles. The number of nitrogens with one attached hydrogen (secondary N) is 1. The number of primary amides is 1. The lowest BCUT2D eigenvalue weighted by Crippen LogP contribution is -2.34. The molecule has 0 aliphatic carbocycles. The monoisotopic (exact) mass is 464 g/mol. The third-order valence-electron chi connectivity index (χ3n) is 6.85. The minimum Gasteiger partial charge on any atom is -0.496 e. The molecule has 0 saturated carbocycles. The highest BCUT2D eigenvalue weighted by atomic mass is 16.5. The van der Waals surface area contributed by atoms with Crippen molar-refractivity contribution in [2.24, 2.45) is 17.6 Å². The average molecular weight is 465 g/mol. The molecule has 2 saturated heterocycles. The lowest BCUT2D eigenvalue weighted by Gasteiger charge is -2.25. The van der Waals surface area contributed by atoms with Gasteiger partial charge in [-0.05, 0) is 51.0 Å². The van der Waals surface area contributed by atoms with Crippen LogP contribution in [0.15, 0.2) is 18.3 Å². The maximum absolute atomic E-state index is 12.1. The smallest absolute Gasteiger partial charge is 0.252 e. The van der Waals surface area contributed by atoms with Crippen molar-refractivity contribution in [2.75, 3.05) is 33.9 Å². The van der Waals surface area contributed by atoms with Gasteiger partial charge < -0.3 is 25.4 Å². The molecule has 2 aliphatic rings. The van der Waals surface area contributed by atoms with E-state index in [4.69, 9.17) is 15.2 Å². The normalized spacial score (nSPS) is 21.1. The van der Waals surface area contributed by atoms with Crippen molar-refractivity contribution in [3.05, 3.63) is 29.5 Å². The van der Waals surface area contributed by atoms with Gasteiger partial charge in [0.15, 0.2) is 0 Å². The molecule has 180 valence electrons. The molecule has 2 fully saturated rings. The number of aromatic nitrogens is 1. The van der Waals surface area contributed by atoms with Crippen molar-refractivity contribution in [1.29, 1.82) is 0 Å². The maximum atomic E-state index is 12.1. The second-order valence-electron chi connectivity index (χ2n) is 9.14. The summed E-state index contributed by atoms with van der Waals surface area (Å²) < 4.78 is 11.5. The van der Waals surface area contributed by atoms with Crippen LogP contribution < -0.4 is 20.5 Å². The quantitative estimate of drug-likeness (QED) is 0.636. The summed E-state index contributed by atoms with van der Waals surface area (Å²) in [5.74, 6) is 7.47. The Hall–Kier alpha value is -3.31. The number of pyridine rings is 1. The molecule has 2 atom stereocenters. The predicted molar refractivity (Wildman–Crippen MR) is 130 cm³/mol. The van der Waals surface area contributed by atoms with Crippen LogP contribution in [0.1, 0.15) is 48.5 Å². The number of hydrogen-bond acceptors (Lipinski definition) is 6. The summed E-state index contributed by atoms with van der Waals surface area (Å²) >= 11 is 0. The van der Waals surface area contributed by atoms with Crippen molar-refractivity contribution in [2.45, 2.75) is 38.6 Å². The molecule has 0 unspecified atom stereocenters. The highest BCUT2D eigenvalue weighted by Gasteiger charge is 2.31. The van der Waals surface area contributed by atoms with Gasteiger partial charge in [0.05, 0.1) is 24.3 Å². The predicted octanol–water partition coefficient (Wildman–Crippen LogP) is 2.33. The van der Waals surface area contributed by atoms with E-state index in [1.807, 2.05) is 0 Å². The second kappa shape index (κ2) is 10.3. The van der Waals surface area contributed by atoms with Crippen molar-refractivity contribution < 1.29 is 19.1 Å². The molecule has 4 rings (SSSR count). The van der Waals surface area contributed by atoms with Crippen LogP contribution in [0.4, 0.5) is 0 Å². The summed E-state index contributed by atoms with van der Waals surface area (Å²) in [4.78, 5) is 30.8. The highest BCUT2D eigenvalue weighted by molar-refractivity contribution is 6.03. The average Bonchev–Trinajstić information content (AvgIpc) is 3.21. The van der Waals surface area contributed by atoms with Crippen LogP contribution in [0.2, 0.25) is 0 Å². The Morgan fingerprint density at radius 1 is 1.29 bits per heavy atom. The van der Waals surface area contributed by atoms with Gasteiger partial charge in [-0.1, -0.05) is 25.2 Å². The molecular formula is C26H32N4O4. The molecule has 34 heavy (non-hydrogen) atoms. The lowest BCUT2D eigenvalue weighted by molar-refractivity contribution is -0.119. The number of carbonyl (C=O) groups is 2. The third kappa shape index (κ3) is 5.10. The van der Waals surface area contributed by atoms with Crippen molar-refractivity contribution in [3.63, 3.8) is 0 Å². The molecular weight excluding hydrogens is 432 g/mol. The number of benzene rings is 1. The summed E-state index contributed by atoms with van der Waals surface area (Å²) in [6.45, 7) is 4.45. The summed E-state index contributed by atoms with van der Waals surface area (Å²) in [5, 5.41) is 4.42. The van der Waals surface area contributed by atoms with Crippen molar-refractivity contribution in [3.8, 4) is 23.5 Å². The first-order chi connectivity index (χ1) is 16.4. The number of methoxy groups -OCH3 is 1. The van der Waals surface area contributed by atoms with E-state index in [0.29, 0.717) is 41.5 Å². The number of nitrogens with zero attached hydrogens (tertiary/aromatic N) is 2. The van der Waals surface area contributed by atoms with Gasteiger partial charge in [0.25, 0.3) is 5.91 Å². The van der Waals surface area contributed by atoms with E-state index in [1.54, 1.807) is 18.3 Å². The first kappa shape index (κ1) is 23.8. The van der Waals surface area contributed by atoms with E-state index in [0.717, 1.165) is 37.7 Å². The fourth-order valence-electron chi connectivity index (χ4n) is 4.69. The number of nitrogens with two attached hydrogens (primary N) is 1. The molecule has 0 spiro atoms. The van der Waals surface area contributed by atoms with E-state index in [-0.39, 0.29) is 23.4 Å². The first-order valence-electron chi connectivity index (χ1n) is 11.8. The van der Waals surface area contributed by atoms with Gasteiger partial charge in [-0.2, -0.15) is 0 Å². The standard InChI is InChI=1S/C26H32N4O4/c1-4-17-11-24(31)29-22(17)15-34-26-20-13-23(33-3)21(25(27)32)12-19(20)18(14-28-26)6-5-16-7-9-30(2)10-8-16/h12-14,16-17,22H,4,7-11,15H2,1-3H3,(H2,27,32)(H,29,31)/t17-,22-/m1/s1. The molecule has 3 N–H and O–H groups in total. The van der Waals surface area contributed by atoms with Gasteiger partial charge in [0.1, 0.15) is 12.4 Å². The Kier molecular flexibility index (Phi) is 7.23. The number of amides is 2. The number of fused-ring (bicyclic) bond motifs is 1. The molecule has 2 amide bonds. The maximum Gasteiger partial charge on any atom is 0.252 e. The third-order valence-corrected chi connectivity index (χ3v) is 6.85. The Labute approximate surface area is 200 Å². The molecule has 2 aromatic rings. The molecule has 1 aromatic carbocycles. The Bertz CT molecular complexity index is 1140. The summed E-state index contributed by atoms with van der Waals surface area (Å²) in [6, 6.07) is 3.36. The summed E-state index contributed by atoms with van der Waals surface area (Å²) in [6.07, 6.45) is 5.15. The Morgan fingerprint density at radius 3 is 2.74 bits per heavy atom. The Balaban J connectivity index is 1.69. The van der Waals surface area contributed by atoms with Gasteiger partial charge in [0.2, 0.25) is 11.8 Å². The van der Waals surface area contributed by atoms with E-state index >= 15 is 0 Å². The van der Waals surface area contributed by atoms with Crippen molar-refractivity contribution >= 4 is 22.6 Å². The minimum absolute atomic E-state index is 0.0468. The van der Waals surface area contributed by atoms with E-state index < -0.39 is 5.91 Å². The number of carbonyl (C=O) groups excluding carboxylic acids is 2. The van der Waals surface area contributed by atoms with Gasteiger partial charge in [-0.25, -0.2) is 4.98 Å².